The van der Waals surface area contributed by atoms with Gasteiger partial charge in [0.2, 0.25) is 0 Å². The SMILES string of the molecule is C[C@H]([C@@H](O)[C@H](O)[C@@H](C)C(C)(C)C)[C@H]1CCC2C3CC(=O)C4C[C@H](O)[C@H](O)C[C@]4(C)C3CC[C@@]21C. The number of carbonyl (C=O) groups excluding carboxylic acids is 1. The Morgan fingerprint density at radius 2 is 1.53 bits per heavy atom. The Hall–Kier alpha value is -0.490. The second-order valence-electron chi connectivity index (χ2n) is 14.4. The molecule has 0 bridgehead atoms. The fraction of sp³-hybridized carbons (Fsp3) is 0.966. The van der Waals surface area contributed by atoms with Crippen LogP contribution in [0.3, 0.4) is 0 Å². The lowest BCUT2D eigenvalue weighted by atomic mass is 9.44. The van der Waals surface area contributed by atoms with Crippen molar-refractivity contribution in [3.63, 3.8) is 0 Å². The van der Waals surface area contributed by atoms with Crippen LogP contribution in [0.2, 0.25) is 0 Å². The van der Waals surface area contributed by atoms with Crippen LogP contribution in [0.1, 0.15) is 93.4 Å². The van der Waals surface area contributed by atoms with E-state index in [1.807, 2.05) is 6.92 Å². The van der Waals surface area contributed by atoms with Gasteiger partial charge >= 0.3 is 0 Å². The summed E-state index contributed by atoms with van der Waals surface area (Å²) in [6.07, 6.45) is 2.72. The molecule has 4 rings (SSSR count). The van der Waals surface area contributed by atoms with E-state index in [1.165, 1.54) is 0 Å². The predicted octanol–water partition coefficient (Wildman–Crippen LogP) is 4.20. The summed E-state index contributed by atoms with van der Waals surface area (Å²) in [4.78, 5) is 13.3. The van der Waals surface area contributed by atoms with Crippen LogP contribution in [-0.2, 0) is 4.79 Å². The fourth-order valence-electron chi connectivity index (χ4n) is 9.33. The Bertz CT molecular complexity index is 775. The number of aliphatic hydroxyl groups is 4. The van der Waals surface area contributed by atoms with Crippen molar-refractivity contribution >= 4 is 5.78 Å². The summed E-state index contributed by atoms with van der Waals surface area (Å²) >= 11 is 0. The van der Waals surface area contributed by atoms with Gasteiger partial charge in [-0.25, -0.2) is 0 Å². The van der Waals surface area contributed by atoms with Crippen molar-refractivity contribution in [1.29, 1.82) is 0 Å². The van der Waals surface area contributed by atoms with Crippen molar-refractivity contribution in [3.05, 3.63) is 0 Å². The van der Waals surface area contributed by atoms with Crippen molar-refractivity contribution < 1.29 is 25.2 Å². The van der Waals surface area contributed by atoms with Gasteiger partial charge in [-0.2, -0.15) is 0 Å². The first kappa shape index (κ1) is 26.6. The highest BCUT2D eigenvalue weighted by Gasteiger charge is 2.63. The lowest BCUT2D eigenvalue weighted by Gasteiger charge is -2.61. The zero-order valence-corrected chi connectivity index (χ0v) is 22.5. The highest BCUT2D eigenvalue weighted by molar-refractivity contribution is 5.83. The van der Waals surface area contributed by atoms with Crippen molar-refractivity contribution in [2.45, 2.75) is 118 Å². The Labute approximate surface area is 206 Å². The van der Waals surface area contributed by atoms with Gasteiger partial charge in [0.25, 0.3) is 0 Å². The lowest BCUT2D eigenvalue weighted by Crippen LogP contribution is -2.59. The molecule has 4 fully saturated rings. The normalized spacial score (nSPS) is 48.3. The molecular formula is C29H50O5. The van der Waals surface area contributed by atoms with Gasteiger partial charge < -0.3 is 20.4 Å². The van der Waals surface area contributed by atoms with Crippen molar-refractivity contribution in [1.82, 2.24) is 0 Å². The molecule has 4 aliphatic carbocycles. The summed E-state index contributed by atoms with van der Waals surface area (Å²) in [5.74, 6) is 1.63. The van der Waals surface area contributed by atoms with Crippen LogP contribution in [0.15, 0.2) is 0 Å². The molecule has 0 heterocycles. The van der Waals surface area contributed by atoms with Gasteiger partial charge in [-0.15, -0.1) is 0 Å². The van der Waals surface area contributed by atoms with E-state index in [0.717, 1.165) is 25.7 Å². The molecule has 4 aliphatic rings. The molecule has 0 saturated heterocycles. The molecule has 4 N–H and O–H groups in total. The summed E-state index contributed by atoms with van der Waals surface area (Å²) in [6.45, 7) is 15.1. The first-order chi connectivity index (χ1) is 15.6. The number of ketones is 1. The standard InChI is InChI=1S/C29H50O5/c1-15(25(33)26(34)16(2)27(3,4)5)18-8-9-19-17-12-22(30)21-13-23(31)24(32)14-29(21,7)20(17)10-11-28(18,19)6/h15-21,23-26,31-34H,8-14H2,1-7H3/t15-,16+,17?,18+,19?,20?,21?,23-,24+,25+,26+,28+,29+/m0/s1. The van der Waals surface area contributed by atoms with Gasteiger partial charge in [0.05, 0.1) is 24.4 Å². The number of rotatable bonds is 4. The van der Waals surface area contributed by atoms with E-state index in [4.69, 9.17) is 0 Å². The van der Waals surface area contributed by atoms with E-state index in [9.17, 15) is 25.2 Å². The average Bonchev–Trinajstić information content (AvgIpc) is 3.10. The third-order valence-corrected chi connectivity index (χ3v) is 12.0. The van der Waals surface area contributed by atoms with E-state index >= 15 is 0 Å². The van der Waals surface area contributed by atoms with Crippen LogP contribution in [0.5, 0.6) is 0 Å². The van der Waals surface area contributed by atoms with Crippen molar-refractivity contribution in [3.8, 4) is 0 Å². The molecule has 0 amide bonds. The molecule has 0 spiro atoms. The molecule has 0 aromatic rings. The quantitative estimate of drug-likeness (QED) is 0.486. The molecule has 0 radical (unpaired) electrons. The zero-order valence-electron chi connectivity index (χ0n) is 22.5. The van der Waals surface area contributed by atoms with Gasteiger partial charge in [-0.1, -0.05) is 48.5 Å². The van der Waals surface area contributed by atoms with Crippen LogP contribution >= 0.6 is 0 Å². The third kappa shape index (κ3) is 4.01. The van der Waals surface area contributed by atoms with Gasteiger partial charge in [-0.05, 0) is 90.3 Å². The molecule has 0 aromatic carbocycles. The zero-order chi connectivity index (χ0) is 25.4. The fourth-order valence-corrected chi connectivity index (χ4v) is 9.33. The number of hydrogen-bond acceptors (Lipinski definition) is 5. The van der Waals surface area contributed by atoms with E-state index < -0.39 is 24.4 Å². The smallest absolute Gasteiger partial charge is 0.136 e. The summed E-state index contributed by atoms with van der Waals surface area (Å²) < 4.78 is 0. The monoisotopic (exact) mass is 478 g/mol. The topological polar surface area (TPSA) is 98.0 Å². The van der Waals surface area contributed by atoms with E-state index in [0.29, 0.717) is 42.9 Å². The summed E-state index contributed by atoms with van der Waals surface area (Å²) in [6, 6.07) is 0. The molecule has 34 heavy (non-hydrogen) atoms. The van der Waals surface area contributed by atoms with Gasteiger partial charge in [0.1, 0.15) is 5.78 Å². The highest BCUT2D eigenvalue weighted by Crippen LogP contribution is 2.68. The molecule has 0 aliphatic heterocycles. The Morgan fingerprint density at radius 3 is 2.15 bits per heavy atom. The average molecular weight is 479 g/mol. The minimum Gasteiger partial charge on any atom is -0.390 e. The minimum absolute atomic E-state index is 0.000581. The molecule has 4 saturated carbocycles. The van der Waals surface area contributed by atoms with Crippen LogP contribution in [0, 0.1) is 57.7 Å². The Balaban J connectivity index is 1.55. The van der Waals surface area contributed by atoms with Crippen LogP contribution in [0.4, 0.5) is 0 Å². The molecule has 5 nitrogen and oxygen atoms in total. The molecule has 5 heteroatoms. The van der Waals surface area contributed by atoms with E-state index in [2.05, 4.69) is 41.5 Å². The maximum atomic E-state index is 13.3. The molecule has 4 unspecified atom stereocenters. The van der Waals surface area contributed by atoms with Crippen LogP contribution in [0.25, 0.3) is 0 Å². The lowest BCUT2D eigenvalue weighted by molar-refractivity contribution is -0.175. The third-order valence-electron chi connectivity index (χ3n) is 12.0. The van der Waals surface area contributed by atoms with Crippen LogP contribution < -0.4 is 0 Å². The molecule has 13 atom stereocenters. The van der Waals surface area contributed by atoms with Gasteiger partial charge in [-0.3, -0.25) is 4.79 Å². The second kappa shape index (κ2) is 8.82. The van der Waals surface area contributed by atoms with Crippen molar-refractivity contribution in [2.75, 3.05) is 0 Å². The van der Waals surface area contributed by atoms with Gasteiger partial charge in [0, 0.05) is 12.3 Å². The molecule has 196 valence electrons. The Kier molecular flexibility index (Phi) is 6.89. The molecular weight excluding hydrogens is 428 g/mol. The largest absolute Gasteiger partial charge is 0.390 e. The maximum Gasteiger partial charge on any atom is 0.136 e. The summed E-state index contributed by atoms with van der Waals surface area (Å²) in [5.41, 5.74) is -0.253. The first-order valence-corrected chi connectivity index (χ1v) is 13.9. The summed E-state index contributed by atoms with van der Waals surface area (Å²) in [7, 11) is 0. The van der Waals surface area contributed by atoms with Gasteiger partial charge in [0.15, 0.2) is 0 Å². The minimum atomic E-state index is -0.785. The first-order valence-electron chi connectivity index (χ1n) is 13.9. The van der Waals surface area contributed by atoms with E-state index in [1.54, 1.807) is 0 Å². The predicted molar refractivity (Wildman–Crippen MR) is 133 cm³/mol. The number of Topliss-reactive ketones (excluding diaryl/α,β-unsaturated/α-hetero) is 1. The maximum absolute atomic E-state index is 13.3. The number of hydrogen-bond donors (Lipinski definition) is 4. The van der Waals surface area contributed by atoms with Crippen LogP contribution in [-0.4, -0.2) is 50.6 Å². The number of aliphatic hydroxyl groups excluding tert-OH is 4. The highest BCUT2D eigenvalue weighted by atomic mass is 16.3. The van der Waals surface area contributed by atoms with E-state index in [-0.39, 0.29) is 39.8 Å². The Morgan fingerprint density at radius 1 is 0.912 bits per heavy atom. The number of fused-ring (bicyclic) bond motifs is 5. The molecule has 0 aromatic heterocycles. The van der Waals surface area contributed by atoms with Crippen molar-refractivity contribution in [2.24, 2.45) is 57.7 Å². The summed E-state index contributed by atoms with van der Waals surface area (Å²) in [5, 5.41) is 43.1. The number of carbonyl (C=O) groups is 1. The second-order valence-corrected chi connectivity index (χ2v) is 14.4.